The molecule has 23 heavy (non-hydrogen) atoms. The first-order valence-corrected chi connectivity index (χ1v) is 10.6. The van der Waals surface area contributed by atoms with E-state index < -0.39 is 5.60 Å². The van der Waals surface area contributed by atoms with Crippen LogP contribution in [0.5, 0.6) is 0 Å². The molecule has 0 aromatic rings. The lowest BCUT2D eigenvalue weighted by Crippen LogP contribution is -2.42. The molecule has 136 valence electrons. The second-order valence-corrected chi connectivity index (χ2v) is 8.53. The molecular formula is C21H41NO. The number of nitrogens with zero attached hydrogens (tertiary/aromatic N) is 1. The molecule has 2 aliphatic rings. The van der Waals surface area contributed by atoms with E-state index in [9.17, 15) is 5.11 Å². The fourth-order valence-electron chi connectivity index (χ4n) is 4.61. The predicted molar refractivity (Wildman–Crippen MR) is 99.9 cm³/mol. The minimum Gasteiger partial charge on any atom is -0.390 e. The van der Waals surface area contributed by atoms with E-state index in [1.807, 2.05) is 0 Å². The van der Waals surface area contributed by atoms with Crippen molar-refractivity contribution in [1.29, 1.82) is 0 Å². The van der Waals surface area contributed by atoms with Crippen LogP contribution in [-0.4, -0.2) is 34.7 Å². The third-order valence-electron chi connectivity index (χ3n) is 6.09. The van der Waals surface area contributed by atoms with Gasteiger partial charge in [-0.2, -0.15) is 0 Å². The van der Waals surface area contributed by atoms with Crippen LogP contribution in [0.1, 0.15) is 110 Å². The van der Waals surface area contributed by atoms with Crippen molar-refractivity contribution >= 4 is 0 Å². The molecule has 2 fully saturated rings. The summed E-state index contributed by atoms with van der Waals surface area (Å²) in [5.74, 6) is 0. The van der Waals surface area contributed by atoms with Gasteiger partial charge >= 0.3 is 0 Å². The summed E-state index contributed by atoms with van der Waals surface area (Å²) in [6.07, 6.45) is 21.2. The highest BCUT2D eigenvalue weighted by atomic mass is 16.3. The normalized spacial score (nSPS) is 34.4. The molecule has 1 heterocycles. The van der Waals surface area contributed by atoms with Gasteiger partial charge in [0.05, 0.1) is 5.60 Å². The van der Waals surface area contributed by atoms with Gasteiger partial charge < -0.3 is 10.0 Å². The van der Waals surface area contributed by atoms with Gasteiger partial charge in [0, 0.05) is 6.04 Å². The van der Waals surface area contributed by atoms with Gasteiger partial charge in [0.2, 0.25) is 0 Å². The Labute approximate surface area is 145 Å². The summed E-state index contributed by atoms with van der Waals surface area (Å²) in [6.45, 7) is 4.62. The summed E-state index contributed by atoms with van der Waals surface area (Å²) < 4.78 is 0. The van der Waals surface area contributed by atoms with Crippen molar-refractivity contribution < 1.29 is 5.11 Å². The standard InChI is InChI=1S/C21H41NO/c1-21(23)16-12-8-6-7-11-15-20(19-21)22-17-13-9-4-2-3-5-10-14-18-22/h20,23H,2-19H2,1H3. The molecule has 1 saturated carbocycles. The first kappa shape index (κ1) is 19.2. The third kappa shape index (κ3) is 8.03. The van der Waals surface area contributed by atoms with Gasteiger partial charge in [-0.3, -0.25) is 0 Å². The lowest BCUT2D eigenvalue weighted by atomic mass is 9.86. The van der Waals surface area contributed by atoms with Gasteiger partial charge in [-0.05, 0) is 52.1 Å². The summed E-state index contributed by atoms with van der Waals surface area (Å²) in [4.78, 5) is 2.77. The topological polar surface area (TPSA) is 23.5 Å². The van der Waals surface area contributed by atoms with E-state index in [1.165, 1.54) is 103 Å². The SMILES string of the molecule is CC1(O)CCCCCCCC(N2CCCCCCCCCC2)C1. The van der Waals surface area contributed by atoms with Gasteiger partial charge in [0.1, 0.15) is 0 Å². The first-order chi connectivity index (χ1) is 11.2. The van der Waals surface area contributed by atoms with Crippen molar-refractivity contribution in [3.8, 4) is 0 Å². The van der Waals surface area contributed by atoms with E-state index in [1.54, 1.807) is 0 Å². The Kier molecular flexibility index (Phi) is 8.97. The Morgan fingerprint density at radius 1 is 0.696 bits per heavy atom. The second-order valence-electron chi connectivity index (χ2n) is 8.53. The van der Waals surface area contributed by atoms with Crippen LogP contribution in [0.4, 0.5) is 0 Å². The van der Waals surface area contributed by atoms with Crippen LogP contribution < -0.4 is 0 Å². The molecule has 2 atom stereocenters. The average Bonchev–Trinajstić information content (AvgIpc) is 2.58. The summed E-state index contributed by atoms with van der Waals surface area (Å²) in [7, 11) is 0. The average molecular weight is 324 g/mol. The Morgan fingerprint density at radius 3 is 1.78 bits per heavy atom. The number of aliphatic hydroxyl groups is 1. The van der Waals surface area contributed by atoms with Crippen LogP contribution in [0.25, 0.3) is 0 Å². The molecule has 0 aromatic carbocycles. The zero-order valence-corrected chi connectivity index (χ0v) is 15.7. The molecule has 2 unspecified atom stereocenters. The fourth-order valence-corrected chi connectivity index (χ4v) is 4.61. The summed E-state index contributed by atoms with van der Waals surface area (Å²) >= 11 is 0. The number of rotatable bonds is 1. The quantitative estimate of drug-likeness (QED) is 0.671. The predicted octanol–water partition coefficient (Wildman–Crippen LogP) is 5.68. The monoisotopic (exact) mass is 323 g/mol. The Hall–Kier alpha value is -0.0800. The van der Waals surface area contributed by atoms with Crippen molar-refractivity contribution in [2.75, 3.05) is 13.1 Å². The highest BCUT2D eigenvalue weighted by Gasteiger charge is 2.29. The number of hydrogen-bond acceptors (Lipinski definition) is 2. The maximum Gasteiger partial charge on any atom is 0.0634 e. The molecule has 1 N–H and O–H groups in total. The van der Waals surface area contributed by atoms with Crippen molar-refractivity contribution in [2.24, 2.45) is 0 Å². The van der Waals surface area contributed by atoms with Crippen molar-refractivity contribution in [3.63, 3.8) is 0 Å². The van der Waals surface area contributed by atoms with Crippen LogP contribution in [0.2, 0.25) is 0 Å². The van der Waals surface area contributed by atoms with Crippen LogP contribution >= 0.6 is 0 Å². The highest BCUT2D eigenvalue weighted by molar-refractivity contribution is 4.84. The van der Waals surface area contributed by atoms with Crippen molar-refractivity contribution in [2.45, 2.75) is 121 Å². The van der Waals surface area contributed by atoms with E-state index in [0.717, 1.165) is 12.8 Å². The summed E-state index contributed by atoms with van der Waals surface area (Å²) in [6, 6.07) is 0.615. The first-order valence-electron chi connectivity index (χ1n) is 10.6. The minimum absolute atomic E-state index is 0.450. The van der Waals surface area contributed by atoms with Crippen molar-refractivity contribution in [1.82, 2.24) is 4.90 Å². The van der Waals surface area contributed by atoms with Gasteiger partial charge in [-0.15, -0.1) is 0 Å². The summed E-state index contributed by atoms with van der Waals surface area (Å²) in [5.41, 5.74) is -0.450. The van der Waals surface area contributed by atoms with E-state index in [-0.39, 0.29) is 0 Å². The Balaban J connectivity index is 1.95. The van der Waals surface area contributed by atoms with Gasteiger partial charge in [0.25, 0.3) is 0 Å². The minimum atomic E-state index is -0.450. The number of hydrogen-bond donors (Lipinski definition) is 1. The fraction of sp³-hybridized carbons (Fsp3) is 1.00. The van der Waals surface area contributed by atoms with Crippen molar-refractivity contribution in [3.05, 3.63) is 0 Å². The molecule has 0 amide bonds. The van der Waals surface area contributed by atoms with Crippen LogP contribution in [0.15, 0.2) is 0 Å². The van der Waals surface area contributed by atoms with Crippen LogP contribution in [0, 0.1) is 0 Å². The largest absolute Gasteiger partial charge is 0.390 e. The molecule has 0 radical (unpaired) electrons. The maximum absolute atomic E-state index is 10.8. The molecule has 1 saturated heterocycles. The van der Waals surface area contributed by atoms with Crippen LogP contribution in [-0.2, 0) is 0 Å². The summed E-state index contributed by atoms with van der Waals surface area (Å²) in [5, 5.41) is 10.8. The lowest BCUT2D eigenvalue weighted by molar-refractivity contribution is 0.00365. The smallest absolute Gasteiger partial charge is 0.0634 e. The molecule has 2 rings (SSSR count). The zero-order valence-electron chi connectivity index (χ0n) is 15.7. The maximum atomic E-state index is 10.8. The molecular weight excluding hydrogens is 282 g/mol. The Morgan fingerprint density at radius 2 is 1.17 bits per heavy atom. The third-order valence-corrected chi connectivity index (χ3v) is 6.09. The molecule has 1 aliphatic heterocycles. The molecule has 0 aromatic heterocycles. The van der Waals surface area contributed by atoms with Gasteiger partial charge in [-0.25, -0.2) is 0 Å². The Bertz CT molecular complexity index is 290. The molecule has 1 aliphatic carbocycles. The van der Waals surface area contributed by atoms with E-state index in [2.05, 4.69) is 11.8 Å². The van der Waals surface area contributed by atoms with E-state index >= 15 is 0 Å². The van der Waals surface area contributed by atoms with Gasteiger partial charge in [0.15, 0.2) is 0 Å². The van der Waals surface area contributed by atoms with Gasteiger partial charge in [-0.1, -0.05) is 70.6 Å². The lowest BCUT2D eigenvalue weighted by Gasteiger charge is -2.37. The zero-order chi connectivity index (χ0) is 16.4. The van der Waals surface area contributed by atoms with E-state index in [4.69, 9.17) is 0 Å². The molecule has 0 bridgehead atoms. The molecule has 2 nitrogen and oxygen atoms in total. The van der Waals surface area contributed by atoms with Crippen LogP contribution in [0.3, 0.4) is 0 Å². The molecule has 2 heteroatoms. The highest BCUT2D eigenvalue weighted by Crippen LogP contribution is 2.28. The second kappa shape index (κ2) is 10.7. The molecule has 0 spiro atoms. The van der Waals surface area contributed by atoms with E-state index in [0.29, 0.717) is 6.04 Å².